The van der Waals surface area contributed by atoms with E-state index in [-0.39, 0.29) is 17.6 Å². The van der Waals surface area contributed by atoms with Gasteiger partial charge in [0.1, 0.15) is 0 Å². The Labute approximate surface area is 165 Å². The third-order valence-corrected chi connectivity index (χ3v) is 4.84. The van der Waals surface area contributed by atoms with E-state index in [1.165, 1.54) is 10.5 Å². The van der Waals surface area contributed by atoms with Crippen molar-refractivity contribution < 1.29 is 13.2 Å². The molecule has 0 bridgehead atoms. The van der Waals surface area contributed by atoms with Crippen LogP contribution in [0.4, 0.5) is 13.2 Å². The van der Waals surface area contributed by atoms with E-state index < -0.39 is 12.7 Å². The van der Waals surface area contributed by atoms with Crippen LogP contribution in [0, 0.1) is 0 Å². The second kappa shape index (κ2) is 9.60. The number of nitrogens with one attached hydrogen (secondary N) is 3. The SMILES string of the molecule is CN=C(NCC(C)(C)NC(C)c1ccccc1)NC1CCN(CC(F)(F)F)C1. The van der Waals surface area contributed by atoms with Gasteiger partial charge in [-0.15, -0.1) is 0 Å². The molecule has 0 saturated carbocycles. The molecule has 8 heteroatoms. The smallest absolute Gasteiger partial charge is 0.355 e. The van der Waals surface area contributed by atoms with Gasteiger partial charge in [0, 0.05) is 44.3 Å². The lowest BCUT2D eigenvalue weighted by molar-refractivity contribution is -0.143. The van der Waals surface area contributed by atoms with Crippen LogP contribution in [-0.4, -0.2) is 61.8 Å². The van der Waals surface area contributed by atoms with Crippen molar-refractivity contribution >= 4 is 5.96 Å². The standard InChI is InChI=1S/C20H32F3N5/c1-15(16-8-6-5-7-9-16)27-19(2,3)13-25-18(24-4)26-17-10-11-28(12-17)14-20(21,22)23/h5-9,15,17,27H,10-14H2,1-4H3,(H2,24,25,26). The predicted molar refractivity (Wildman–Crippen MR) is 107 cm³/mol. The molecule has 28 heavy (non-hydrogen) atoms. The third-order valence-electron chi connectivity index (χ3n) is 4.84. The summed E-state index contributed by atoms with van der Waals surface area (Å²) in [5.41, 5.74) is 1.01. The van der Waals surface area contributed by atoms with Crippen molar-refractivity contribution in [3.8, 4) is 0 Å². The highest BCUT2D eigenvalue weighted by molar-refractivity contribution is 5.80. The summed E-state index contributed by atoms with van der Waals surface area (Å²) in [6.45, 7) is 6.91. The highest BCUT2D eigenvalue weighted by atomic mass is 19.4. The molecule has 0 radical (unpaired) electrons. The molecule has 5 nitrogen and oxygen atoms in total. The highest BCUT2D eigenvalue weighted by Crippen LogP contribution is 2.20. The fourth-order valence-corrected chi connectivity index (χ4v) is 3.50. The molecule has 1 aliphatic rings. The molecule has 0 aliphatic carbocycles. The van der Waals surface area contributed by atoms with Gasteiger partial charge in [-0.3, -0.25) is 9.89 Å². The first kappa shape index (κ1) is 22.5. The van der Waals surface area contributed by atoms with E-state index in [2.05, 4.69) is 53.8 Å². The Hall–Kier alpha value is -1.80. The van der Waals surface area contributed by atoms with E-state index >= 15 is 0 Å². The summed E-state index contributed by atoms with van der Waals surface area (Å²) in [6.07, 6.45) is -3.48. The summed E-state index contributed by atoms with van der Waals surface area (Å²) < 4.78 is 37.6. The Morgan fingerprint density at radius 1 is 1.25 bits per heavy atom. The van der Waals surface area contributed by atoms with Gasteiger partial charge in [0.25, 0.3) is 0 Å². The molecule has 0 amide bonds. The van der Waals surface area contributed by atoms with Crippen molar-refractivity contribution in [2.24, 2.45) is 4.99 Å². The maximum Gasteiger partial charge on any atom is 0.401 e. The number of hydrogen-bond acceptors (Lipinski definition) is 3. The van der Waals surface area contributed by atoms with Crippen molar-refractivity contribution in [3.05, 3.63) is 35.9 Å². The van der Waals surface area contributed by atoms with E-state index in [9.17, 15) is 13.2 Å². The summed E-state index contributed by atoms with van der Waals surface area (Å²) in [6, 6.07) is 10.4. The zero-order chi connectivity index (χ0) is 20.8. The molecule has 0 aromatic heterocycles. The van der Waals surface area contributed by atoms with Gasteiger partial charge in [-0.2, -0.15) is 13.2 Å². The van der Waals surface area contributed by atoms with Crippen LogP contribution in [0.3, 0.4) is 0 Å². The second-order valence-corrected chi connectivity index (χ2v) is 8.07. The van der Waals surface area contributed by atoms with Crippen LogP contribution in [0.5, 0.6) is 0 Å². The number of nitrogens with zero attached hydrogens (tertiary/aromatic N) is 2. The summed E-state index contributed by atoms with van der Waals surface area (Å²) in [4.78, 5) is 5.65. The largest absolute Gasteiger partial charge is 0.401 e. The van der Waals surface area contributed by atoms with Gasteiger partial charge in [0.2, 0.25) is 0 Å². The van der Waals surface area contributed by atoms with E-state index in [1.54, 1.807) is 7.05 Å². The zero-order valence-electron chi connectivity index (χ0n) is 17.1. The van der Waals surface area contributed by atoms with Gasteiger partial charge >= 0.3 is 6.18 Å². The molecule has 1 fully saturated rings. The molecule has 2 atom stereocenters. The Balaban J connectivity index is 1.80. The van der Waals surface area contributed by atoms with Gasteiger partial charge in [0.15, 0.2) is 5.96 Å². The molecule has 1 aromatic carbocycles. The second-order valence-electron chi connectivity index (χ2n) is 8.07. The summed E-state index contributed by atoms with van der Waals surface area (Å²) in [5, 5.41) is 10.1. The molecular weight excluding hydrogens is 367 g/mol. The normalized spacial score (nSPS) is 20.2. The molecule has 158 valence electrons. The van der Waals surface area contributed by atoms with Crippen LogP contribution < -0.4 is 16.0 Å². The minimum Gasteiger partial charge on any atom is -0.355 e. The lowest BCUT2D eigenvalue weighted by Gasteiger charge is -2.32. The van der Waals surface area contributed by atoms with Gasteiger partial charge in [-0.25, -0.2) is 0 Å². The highest BCUT2D eigenvalue weighted by Gasteiger charge is 2.34. The van der Waals surface area contributed by atoms with E-state index in [4.69, 9.17) is 0 Å². The topological polar surface area (TPSA) is 51.7 Å². The van der Waals surface area contributed by atoms with Crippen molar-refractivity contribution in [3.63, 3.8) is 0 Å². The first-order valence-electron chi connectivity index (χ1n) is 9.67. The molecule has 1 heterocycles. The lowest BCUT2D eigenvalue weighted by atomic mass is 10.0. The van der Waals surface area contributed by atoms with Gasteiger partial charge in [-0.1, -0.05) is 30.3 Å². The quantitative estimate of drug-likeness (QED) is 0.488. The number of hydrogen-bond donors (Lipinski definition) is 3. The Bertz CT molecular complexity index is 630. The summed E-state index contributed by atoms with van der Waals surface area (Å²) >= 11 is 0. The van der Waals surface area contributed by atoms with Crippen LogP contribution in [0.15, 0.2) is 35.3 Å². The van der Waals surface area contributed by atoms with E-state index in [0.717, 1.165) is 0 Å². The fourth-order valence-electron chi connectivity index (χ4n) is 3.50. The van der Waals surface area contributed by atoms with Crippen molar-refractivity contribution in [1.82, 2.24) is 20.9 Å². The van der Waals surface area contributed by atoms with Gasteiger partial charge in [-0.05, 0) is 32.8 Å². The Kier molecular flexibility index (Phi) is 7.71. The number of halogens is 3. The molecule has 1 saturated heterocycles. The Morgan fingerprint density at radius 2 is 1.93 bits per heavy atom. The van der Waals surface area contributed by atoms with Crippen LogP contribution in [0.25, 0.3) is 0 Å². The van der Waals surface area contributed by atoms with Crippen LogP contribution in [0.1, 0.15) is 38.8 Å². The molecule has 2 unspecified atom stereocenters. The number of aliphatic imine (C=N–C) groups is 1. The predicted octanol–water partition coefficient (Wildman–Crippen LogP) is 2.92. The number of likely N-dealkylation sites (tertiary alicyclic amines) is 1. The van der Waals surface area contributed by atoms with Crippen molar-refractivity contribution in [1.29, 1.82) is 0 Å². The molecule has 1 aromatic rings. The van der Waals surface area contributed by atoms with Gasteiger partial charge < -0.3 is 16.0 Å². The molecule has 0 spiro atoms. The maximum atomic E-state index is 12.5. The van der Waals surface area contributed by atoms with Crippen molar-refractivity contribution in [2.45, 2.75) is 51.0 Å². The molecular formula is C20H32F3N5. The average molecular weight is 400 g/mol. The minimum atomic E-state index is -4.15. The van der Waals surface area contributed by atoms with Crippen molar-refractivity contribution in [2.75, 3.05) is 33.2 Å². The monoisotopic (exact) mass is 399 g/mol. The van der Waals surface area contributed by atoms with Crippen LogP contribution in [0.2, 0.25) is 0 Å². The van der Waals surface area contributed by atoms with E-state index in [0.29, 0.717) is 32.0 Å². The van der Waals surface area contributed by atoms with Gasteiger partial charge in [0.05, 0.1) is 6.54 Å². The maximum absolute atomic E-state index is 12.5. The molecule has 1 aliphatic heterocycles. The summed E-state index contributed by atoms with van der Waals surface area (Å²) in [5.74, 6) is 0.612. The third kappa shape index (κ3) is 7.67. The van der Waals surface area contributed by atoms with Crippen LogP contribution in [-0.2, 0) is 0 Å². The zero-order valence-corrected chi connectivity index (χ0v) is 17.1. The number of benzene rings is 1. The number of rotatable bonds is 7. The fraction of sp³-hybridized carbons (Fsp3) is 0.650. The first-order chi connectivity index (χ1) is 13.1. The lowest BCUT2D eigenvalue weighted by Crippen LogP contribution is -2.53. The minimum absolute atomic E-state index is 0.0344. The van der Waals surface area contributed by atoms with E-state index in [1.807, 2.05) is 18.2 Å². The molecule has 2 rings (SSSR count). The Morgan fingerprint density at radius 3 is 2.54 bits per heavy atom. The first-order valence-corrected chi connectivity index (χ1v) is 9.67. The average Bonchev–Trinajstić information content (AvgIpc) is 3.04. The molecule has 3 N–H and O–H groups in total. The van der Waals surface area contributed by atoms with Crippen LogP contribution >= 0.6 is 0 Å². The summed E-state index contributed by atoms with van der Waals surface area (Å²) in [7, 11) is 1.67. The number of guanidine groups is 1. The number of alkyl halides is 3.